The summed E-state index contributed by atoms with van der Waals surface area (Å²) in [5, 5.41) is 0. The van der Waals surface area contributed by atoms with Crippen molar-refractivity contribution in [3.05, 3.63) is 0 Å². The topological polar surface area (TPSA) is 0 Å². The molecule has 0 aromatic carbocycles. The van der Waals surface area contributed by atoms with Gasteiger partial charge in [0, 0.05) is 0 Å². The van der Waals surface area contributed by atoms with E-state index < -0.39 is 0 Å². The van der Waals surface area contributed by atoms with Gasteiger partial charge in [-0.15, -0.1) is 0 Å². The first-order valence-electron chi connectivity index (χ1n) is 24.6. The van der Waals surface area contributed by atoms with Gasteiger partial charge in [0.1, 0.15) is 0 Å². The molecule has 0 N–H and O–H groups in total. The lowest BCUT2D eigenvalue weighted by Gasteiger charge is -2.56. The fourth-order valence-electron chi connectivity index (χ4n) is 17.6. The molecule has 9 aliphatic rings. The van der Waals surface area contributed by atoms with Crippen molar-refractivity contribution < 1.29 is 0 Å². The SMILES string of the molecule is C1CCCC(C2CC3CCCC(C3)C2)(C2CC3CCCC(C3)C2)CCCC(C2CC3CCCC(C3)C2)CCC(C2CC3CCCC(C3)C2)CC1. The van der Waals surface area contributed by atoms with Gasteiger partial charge < -0.3 is 0 Å². The standard InChI is InChI=1S/C50H84/c1-2-4-22-50(48-32-40-14-7-15-41(26-40)33-48,49-34-42-16-8-17-43(27-42)35-49)23-9-19-45(47-30-38-12-6-13-39(25-38)31-47)21-20-44(18-3-1)46-28-36-10-5-11-37(24-36)29-46/h36-49H,1-35H2. The fourth-order valence-corrected chi connectivity index (χ4v) is 17.6. The van der Waals surface area contributed by atoms with Gasteiger partial charge in [-0.05, 0) is 191 Å². The van der Waals surface area contributed by atoms with Gasteiger partial charge >= 0.3 is 0 Å². The van der Waals surface area contributed by atoms with Gasteiger partial charge in [-0.2, -0.15) is 0 Å². The third-order valence-electron chi connectivity index (χ3n) is 19.6. The Balaban J connectivity index is 0.971. The maximum Gasteiger partial charge on any atom is -0.0240 e. The van der Waals surface area contributed by atoms with Gasteiger partial charge in [-0.3, -0.25) is 0 Å². The molecule has 0 amide bonds. The third kappa shape index (κ3) is 8.16. The van der Waals surface area contributed by atoms with E-state index in [0.717, 1.165) is 82.9 Å². The van der Waals surface area contributed by atoms with Crippen LogP contribution in [0.2, 0.25) is 0 Å². The van der Waals surface area contributed by atoms with E-state index in [0.29, 0.717) is 5.41 Å². The molecule has 0 aliphatic heterocycles. The van der Waals surface area contributed by atoms with E-state index in [9.17, 15) is 0 Å². The highest BCUT2D eigenvalue weighted by Crippen LogP contribution is 2.61. The van der Waals surface area contributed by atoms with Gasteiger partial charge in [-0.1, -0.05) is 122 Å². The minimum Gasteiger partial charge on any atom is -0.0533 e. The molecule has 0 spiro atoms. The molecule has 0 saturated heterocycles. The molecular weight excluding hydrogens is 601 g/mol. The largest absolute Gasteiger partial charge is 0.0533 e. The summed E-state index contributed by atoms with van der Waals surface area (Å²) in [5.74, 6) is 15.4. The molecule has 10 atom stereocenters. The van der Waals surface area contributed by atoms with Crippen LogP contribution in [-0.4, -0.2) is 0 Å². The van der Waals surface area contributed by atoms with Gasteiger partial charge in [0.05, 0.1) is 0 Å². The summed E-state index contributed by atoms with van der Waals surface area (Å²) in [4.78, 5) is 0. The van der Waals surface area contributed by atoms with E-state index in [-0.39, 0.29) is 0 Å². The van der Waals surface area contributed by atoms with Crippen molar-refractivity contribution in [3.63, 3.8) is 0 Å². The summed E-state index contributed by atoms with van der Waals surface area (Å²) in [6.07, 6.45) is 56.3. The Morgan fingerprint density at radius 1 is 0.220 bits per heavy atom. The summed E-state index contributed by atoms with van der Waals surface area (Å²) in [6.45, 7) is 0. The summed E-state index contributed by atoms with van der Waals surface area (Å²) < 4.78 is 0. The second-order valence-electron chi connectivity index (χ2n) is 22.6. The molecule has 0 aromatic heterocycles. The molecule has 9 fully saturated rings. The highest BCUT2D eigenvalue weighted by molar-refractivity contribution is 5.01. The van der Waals surface area contributed by atoms with Crippen molar-refractivity contribution in [3.8, 4) is 0 Å². The molecule has 9 rings (SSSR count). The van der Waals surface area contributed by atoms with E-state index in [1.807, 2.05) is 0 Å². The maximum atomic E-state index is 1.66. The van der Waals surface area contributed by atoms with Crippen LogP contribution in [0.3, 0.4) is 0 Å². The average Bonchev–Trinajstić information content (AvgIpc) is 3.11. The lowest BCUT2D eigenvalue weighted by Crippen LogP contribution is -2.46. The Labute approximate surface area is 312 Å². The number of rotatable bonds is 4. The summed E-state index contributed by atoms with van der Waals surface area (Å²) in [7, 11) is 0. The average molecular weight is 685 g/mol. The fraction of sp³-hybridized carbons (Fsp3) is 1.00. The smallest absolute Gasteiger partial charge is 0.0240 e. The van der Waals surface area contributed by atoms with E-state index in [1.54, 1.807) is 225 Å². The van der Waals surface area contributed by atoms with Crippen LogP contribution in [0.5, 0.6) is 0 Å². The first kappa shape index (κ1) is 35.7. The predicted octanol–water partition coefficient (Wildman–Crippen LogP) is 15.4. The van der Waals surface area contributed by atoms with Crippen LogP contribution in [0.25, 0.3) is 0 Å². The number of hydrogen-bond donors (Lipinski definition) is 0. The molecule has 10 unspecified atom stereocenters. The molecular formula is C50H84. The van der Waals surface area contributed by atoms with Gasteiger partial charge in [0.25, 0.3) is 0 Å². The first-order chi connectivity index (χ1) is 24.6. The van der Waals surface area contributed by atoms with Crippen molar-refractivity contribution in [1.29, 1.82) is 0 Å². The minimum atomic E-state index is 0.711. The zero-order valence-corrected chi connectivity index (χ0v) is 33.3. The Kier molecular flexibility index (Phi) is 11.7. The molecule has 0 heterocycles. The monoisotopic (exact) mass is 685 g/mol. The highest BCUT2D eigenvalue weighted by Gasteiger charge is 2.50. The van der Waals surface area contributed by atoms with Crippen LogP contribution in [0.15, 0.2) is 0 Å². The van der Waals surface area contributed by atoms with Crippen molar-refractivity contribution >= 4 is 0 Å². The van der Waals surface area contributed by atoms with E-state index in [2.05, 4.69) is 0 Å². The zero-order valence-electron chi connectivity index (χ0n) is 33.3. The molecule has 0 heteroatoms. The molecule has 9 aliphatic carbocycles. The van der Waals surface area contributed by atoms with E-state index >= 15 is 0 Å². The number of fused-ring (bicyclic) bond motifs is 8. The summed E-state index contributed by atoms with van der Waals surface area (Å²) in [6, 6.07) is 0. The minimum absolute atomic E-state index is 0.711. The third-order valence-corrected chi connectivity index (χ3v) is 19.6. The molecule has 50 heavy (non-hydrogen) atoms. The van der Waals surface area contributed by atoms with E-state index in [4.69, 9.17) is 0 Å². The molecule has 0 radical (unpaired) electrons. The predicted molar refractivity (Wildman–Crippen MR) is 213 cm³/mol. The molecule has 8 bridgehead atoms. The Morgan fingerprint density at radius 2 is 0.560 bits per heavy atom. The molecule has 0 aromatic rings. The van der Waals surface area contributed by atoms with Gasteiger partial charge in [-0.25, -0.2) is 0 Å². The van der Waals surface area contributed by atoms with Crippen molar-refractivity contribution in [2.24, 2.45) is 88.3 Å². The van der Waals surface area contributed by atoms with Crippen LogP contribution >= 0.6 is 0 Å². The second kappa shape index (κ2) is 16.4. The second-order valence-corrected chi connectivity index (χ2v) is 22.6. The Bertz CT molecular complexity index is 976. The first-order valence-corrected chi connectivity index (χ1v) is 24.6. The van der Waals surface area contributed by atoms with Gasteiger partial charge in [0.2, 0.25) is 0 Å². The van der Waals surface area contributed by atoms with Gasteiger partial charge in [0.15, 0.2) is 0 Å². The van der Waals surface area contributed by atoms with Crippen molar-refractivity contribution in [2.45, 2.75) is 225 Å². The number of hydrogen-bond acceptors (Lipinski definition) is 0. The Morgan fingerprint density at radius 3 is 0.980 bits per heavy atom. The lowest BCUT2D eigenvalue weighted by molar-refractivity contribution is -0.0577. The molecule has 0 nitrogen and oxygen atoms in total. The summed E-state index contributed by atoms with van der Waals surface area (Å²) >= 11 is 0. The van der Waals surface area contributed by atoms with Crippen LogP contribution in [0, 0.1) is 88.3 Å². The van der Waals surface area contributed by atoms with Crippen molar-refractivity contribution in [1.82, 2.24) is 0 Å². The highest BCUT2D eigenvalue weighted by atomic mass is 14.6. The van der Waals surface area contributed by atoms with Crippen molar-refractivity contribution in [2.75, 3.05) is 0 Å². The quantitative estimate of drug-likeness (QED) is 0.276. The Hall–Kier alpha value is 0. The normalized spacial score (nSPS) is 50.9. The van der Waals surface area contributed by atoms with Crippen LogP contribution in [0.4, 0.5) is 0 Å². The van der Waals surface area contributed by atoms with Crippen LogP contribution < -0.4 is 0 Å². The lowest BCUT2D eigenvalue weighted by atomic mass is 9.49. The van der Waals surface area contributed by atoms with Crippen LogP contribution in [-0.2, 0) is 0 Å². The van der Waals surface area contributed by atoms with Crippen LogP contribution in [0.1, 0.15) is 225 Å². The molecule has 284 valence electrons. The van der Waals surface area contributed by atoms with E-state index in [1.165, 1.54) is 0 Å². The summed E-state index contributed by atoms with van der Waals surface area (Å²) in [5.41, 5.74) is 0.711. The zero-order chi connectivity index (χ0) is 33.3. The molecule has 9 saturated carbocycles. The maximum absolute atomic E-state index is 1.66.